The molecule has 0 bridgehead atoms. The van der Waals surface area contributed by atoms with Gasteiger partial charge in [-0.25, -0.2) is 0 Å². The largest absolute Gasteiger partial charge is 0.468 e. The van der Waals surface area contributed by atoms with E-state index in [1.807, 2.05) is 36.7 Å². The lowest BCUT2D eigenvalue weighted by Crippen LogP contribution is -2.22. The van der Waals surface area contributed by atoms with Crippen molar-refractivity contribution in [1.82, 2.24) is 14.5 Å². The maximum atomic E-state index is 5.49. The fraction of sp³-hybridized carbons (Fsp3) is 0.235. The highest BCUT2D eigenvalue weighted by Gasteiger charge is 2.15. The third-order valence-corrected chi connectivity index (χ3v) is 3.80. The summed E-state index contributed by atoms with van der Waals surface area (Å²) in [5, 5.41) is 0. The average Bonchev–Trinajstić information content (AvgIpc) is 3.19. The Balaban J connectivity index is 1.78. The van der Waals surface area contributed by atoms with E-state index in [0.29, 0.717) is 0 Å². The summed E-state index contributed by atoms with van der Waals surface area (Å²) in [5.74, 6) is 0.986. The van der Waals surface area contributed by atoms with Gasteiger partial charge in [0.05, 0.1) is 12.3 Å². The van der Waals surface area contributed by atoms with Gasteiger partial charge in [-0.05, 0) is 50.4 Å². The van der Waals surface area contributed by atoms with Crippen molar-refractivity contribution in [3.63, 3.8) is 0 Å². The molecule has 108 valence electrons. The Morgan fingerprint density at radius 1 is 1.19 bits per heavy atom. The van der Waals surface area contributed by atoms with Crippen molar-refractivity contribution in [3.05, 3.63) is 72.7 Å². The molecule has 0 unspecified atom stereocenters. The van der Waals surface area contributed by atoms with Gasteiger partial charge >= 0.3 is 0 Å². The molecule has 3 heterocycles. The second-order valence-corrected chi connectivity index (χ2v) is 5.18. The predicted molar refractivity (Wildman–Crippen MR) is 82.2 cm³/mol. The highest BCUT2D eigenvalue weighted by atomic mass is 16.3. The number of hydrogen-bond donors (Lipinski definition) is 0. The van der Waals surface area contributed by atoms with Crippen LogP contribution in [0.2, 0.25) is 0 Å². The number of rotatable bonds is 5. The molecular weight excluding hydrogens is 262 g/mol. The lowest BCUT2D eigenvalue weighted by Gasteiger charge is -2.23. The summed E-state index contributed by atoms with van der Waals surface area (Å²) < 4.78 is 7.68. The second-order valence-electron chi connectivity index (χ2n) is 5.18. The number of pyridine rings is 1. The van der Waals surface area contributed by atoms with Gasteiger partial charge in [0.1, 0.15) is 5.76 Å². The molecule has 4 nitrogen and oxygen atoms in total. The lowest BCUT2D eigenvalue weighted by atomic mass is 10.2. The predicted octanol–water partition coefficient (Wildman–Crippen LogP) is 3.66. The highest BCUT2D eigenvalue weighted by Crippen LogP contribution is 2.22. The van der Waals surface area contributed by atoms with Crippen molar-refractivity contribution in [2.24, 2.45) is 0 Å². The molecule has 0 aliphatic carbocycles. The van der Waals surface area contributed by atoms with Crippen LogP contribution in [0, 0.1) is 0 Å². The van der Waals surface area contributed by atoms with Crippen LogP contribution in [0.25, 0.3) is 5.69 Å². The quantitative estimate of drug-likeness (QED) is 0.715. The van der Waals surface area contributed by atoms with Gasteiger partial charge in [-0.2, -0.15) is 0 Å². The Labute approximate surface area is 124 Å². The van der Waals surface area contributed by atoms with E-state index >= 15 is 0 Å². The van der Waals surface area contributed by atoms with E-state index in [2.05, 4.69) is 46.8 Å². The third kappa shape index (κ3) is 2.90. The average molecular weight is 281 g/mol. The summed E-state index contributed by atoms with van der Waals surface area (Å²) in [6.45, 7) is 3.00. The van der Waals surface area contributed by atoms with Crippen LogP contribution in [0.4, 0.5) is 0 Å². The SMILES string of the molecule is C[C@H](c1ccco1)N(C)Cc1cccn1-c1ccncc1. The fourth-order valence-electron chi connectivity index (χ4n) is 2.44. The number of furan rings is 1. The molecule has 0 amide bonds. The first kappa shape index (κ1) is 13.6. The van der Waals surface area contributed by atoms with Gasteiger partial charge in [0, 0.05) is 36.5 Å². The van der Waals surface area contributed by atoms with Crippen molar-refractivity contribution in [1.29, 1.82) is 0 Å². The summed E-state index contributed by atoms with van der Waals surface area (Å²) >= 11 is 0. The zero-order valence-electron chi connectivity index (χ0n) is 12.3. The Bertz CT molecular complexity index is 673. The first-order valence-electron chi connectivity index (χ1n) is 7.06. The Kier molecular flexibility index (Phi) is 3.88. The summed E-state index contributed by atoms with van der Waals surface area (Å²) in [5.41, 5.74) is 2.37. The number of hydrogen-bond acceptors (Lipinski definition) is 3. The van der Waals surface area contributed by atoms with Crippen LogP contribution >= 0.6 is 0 Å². The molecule has 0 saturated carbocycles. The van der Waals surface area contributed by atoms with Crippen LogP contribution in [-0.4, -0.2) is 21.5 Å². The van der Waals surface area contributed by atoms with E-state index < -0.39 is 0 Å². The van der Waals surface area contributed by atoms with Crippen LogP contribution in [0.1, 0.15) is 24.4 Å². The van der Waals surface area contributed by atoms with E-state index in [0.717, 1.165) is 18.0 Å². The molecule has 0 fully saturated rings. The van der Waals surface area contributed by atoms with Crippen molar-refractivity contribution >= 4 is 0 Å². The molecule has 3 aromatic heterocycles. The van der Waals surface area contributed by atoms with Gasteiger partial charge in [-0.3, -0.25) is 9.88 Å². The maximum absolute atomic E-state index is 5.49. The molecule has 3 rings (SSSR count). The molecule has 3 aromatic rings. The minimum atomic E-state index is 0.237. The fourth-order valence-corrected chi connectivity index (χ4v) is 2.44. The van der Waals surface area contributed by atoms with Gasteiger partial charge in [-0.15, -0.1) is 0 Å². The smallest absolute Gasteiger partial charge is 0.120 e. The molecule has 1 atom stereocenters. The summed E-state index contributed by atoms with van der Waals surface area (Å²) in [4.78, 5) is 6.34. The van der Waals surface area contributed by atoms with Crippen LogP contribution < -0.4 is 0 Å². The van der Waals surface area contributed by atoms with E-state index in [-0.39, 0.29) is 6.04 Å². The Hall–Kier alpha value is -2.33. The molecule has 4 heteroatoms. The molecule has 0 aliphatic rings. The van der Waals surface area contributed by atoms with Crippen molar-refractivity contribution < 1.29 is 4.42 Å². The minimum Gasteiger partial charge on any atom is -0.468 e. The lowest BCUT2D eigenvalue weighted by molar-refractivity contribution is 0.220. The van der Waals surface area contributed by atoms with Gasteiger partial charge < -0.3 is 8.98 Å². The summed E-state index contributed by atoms with van der Waals surface area (Å²) in [7, 11) is 2.11. The summed E-state index contributed by atoms with van der Waals surface area (Å²) in [6, 6.07) is 12.4. The number of aromatic nitrogens is 2. The van der Waals surface area contributed by atoms with Gasteiger partial charge in [-0.1, -0.05) is 0 Å². The number of nitrogens with zero attached hydrogens (tertiary/aromatic N) is 3. The maximum Gasteiger partial charge on any atom is 0.120 e. The standard InChI is InChI=1S/C17H19N3O/c1-14(17-6-4-12-21-17)19(2)13-16-5-3-11-20(16)15-7-9-18-10-8-15/h3-12,14H,13H2,1-2H3/t14-/m1/s1. The van der Waals surface area contributed by atoms with E-state index in [1.54, 1.807) is 6.26 Å². The first-order chi connectivity index (χ1) is 10.3. The Morgan fingerprint density at radius 3 is 2.71 bits per heavy atom. The molecule has 0 saturated heterocycles. The highest BCUT2D eigenvalue weighted by molar-refractivity contribution is 5.32. The molecular formula is C17H19N3O. The topological polar surface area (TPSA) is 34.2 Å². The molecule has 0 radical (unpaired) electrons. The van der Waals surface area contributed by atoms with Gasteiger partial charge in [0.2, 0.25) is 0 Å². The first-order valence-corrected chi connectivity index (χ1v) is 7.06. The minimum absolute atomic E-state index is 0.237. The monoisotopic (exact) mass is 281 g/mol. The van der Waals surface area contributed by atoms with Crippen molar-refractivity contribution in [2.75, 3.05) is 7.05 Å². The van der Waals surface area contributed by atoms with Gasteiger partial charge in [0.25, 0.3) is 0 Å². The van der Waals surface area contributed by atoms with Crippen LogP contribution in [0.3, 0.4) is 0 Å². The van der Waals surface area contributed by atoms with E-state index in [4.69, 9.17) is 4.42 Å². The molecule has 0 aliphatic heterocycles. The van der Waals surface area contributed by atoms with Gasteiger partial charge in [0.15, 0.2) is 0 Å². The van der Waals surface area contributed by atoms with Crippen molar-refractivity contribution in [2.45, 2.75) is 19.5 Å². The van der Waals surface area contributed by atoms with Crippen LogP contribution in [0.5, 0.6) is 0 Å². The van der Waals surface area contributed by atoms with E-state index in [1.165, 1.54) is 5.69 Å². The molecule has 0 N–H and O–H groups in total. The Morgan fingerprint density at radius 2 is 2.00 bits per heavy atom. The molecule has 0 spiro atoms. The zero-order chi connectivity index (χ0) is 14.7. The molecule has 0 aromatic carbocycles. The second kappa shape index (κ2) is 5.97. The summed E-state index contributed by atoms with van der Waals surface area (Å²) in [6.07, 6.45) is 7.43. The molecule has 21 heavy (non-hydrogen) atoms. The van der Waals surface area contributed by atoms with Crippen molar-refractivity contribution in [3.8, 4) is 5.69 Å². The van der Waals surface area contributed by atoms with Crippen LogP contribution in [-0.2, 0) is 6.54 Å². The normalized spacial score (nSPS) is 12.7. The van der Waals surface area contributed by atoms with E-state index in [9.17, 15) is 0 Å². The van der Waals surface area contributed by atoms with Crippen LogP contribution in [0.15, 0.2) is 65.7 Å². The third-order valence-electron chi connectivity index (χ3n) is 3.80. The zero-order valence-corrected chi connectivity index (χ0v) is 12.3.